The van der Waals surface area contributed by atoms with E-state index in [0.717, 1.165) is 0 Å². The van der Waals surface area contributed by atoms with Crippen LogP contribution in [0.5, 0.6) is 0 Å². The highest BCUT2D eigenvalue weighted by atomic mass is 16.3. The van der Waals surface area contributed by atoms with Gasteiger partial charge in [-0.2, -0.15) is 5.10 Å². The van der Waals surface area contributed by atoms with Crippen LogP contribution in [0.25, 0.3) is 0 Å². The molecule has 1 aromatic rings. The number of aryl methyl sites for hydroxylation is 2. The molecule has 0 aliphatic heterocycles. The molecule has 1 fully saturated rings. The number of hydrogen-bond donors (Lipinski definition) is 3. The Labute approximate surface area is 127 Å². The molecule has 0 radical (unpaired) electrons. The van der Waals surface area contributed by atoms with Crippen LogP contribution in [0.4, 0.5) is 0 Å². The molecule has 1 aliphatic carbocycles. The normalized spacial score (nSPS) is 32.0. The average Bonchev–Trinajstić information content (AvgIpc) is 2.64. The lowest BCUT2D eigenvalue weighted by atomic mass is 9.61. The second-order valence-corrected chi connectivity index (χ2v) is 6.13. The summed E-state index contributed by atoms with van der Waals surface area (Å²) in [4.78, 5) is 36.0. The van der Waals surface area contributed by atoms with Crippen LogP contribution in [-0.4, -0.2) is 38.1 Å². The predicted octanol–water partition coefficient (Wildman–Crippen LogP) is -1.26. The summed E-state index contributed by atoms with van der Waals surface area (Å²) in [6.45, 7) is 3.06. The number of nitrogens with zero attached hydrogens (tertiary/aromatic N) is 2. The van der Waals surface area contributed by atoms with Gasteiger partial charge < -0.3 is 16.6 Å². The Morgan fingerprint density at radius 2 is 2.00 bits per heavy atom. The molecular formula is C14H20N4O4. The Balaban J connectivity index is 2.67. The Morgan fingerprint density at radius 3 is 2.41 bits per heavy atom. The number of carbonyl (C=O) groups is 3. The van der Waals surface area contributed by atoms with Gasteiger partial charge in [0.05, 0.1) is 17.2 Å². The van der Waals surface area contributed by atoms with Gasteiger partial charge in [-0.15, -0.1) is 0 Å². The molecule has 1 heterocycles. The van der Waals surface area contributed by atoms with Crippen molar-refractivity contribution < 1.29 is 19.5 Å². The Bertz CT molecular complexity index is 649. The maximum atomic E-state index is 12.3. The van der Waals surface area contributed by atoms with Gasteiger partial charge in [0.2, 0.25) is 11.8 Å². The minimum Gasteiger partial charge on any atom is -0.389 e. The summed E-state index contributed by atoms with van der Waals surface area (Å²) in [5, 5.41) is 14.7. The molecule has 2 rings (SSSR count). The number of ketones is 1. The van der Waals surface area contributed by atoms with Gasteiger partial charge in [0.25, 0.3) is 0 Å². The second kappa shape index (κ2) is 5.20. The number of rotatable bonds is 3. The van der Waals surface area contributed by atoms with Gasteiger partial charge >= 0.3 is 0 Å². The lowest BCUT2D eigenvalue weighted by Gasteiger charge is -2.43. The van der Waals surface area contributed by atoms with Crippen molar-refractivity contribution in [1.82, 2.24) is 9.78 Å². The SMILES string of the molecule is Cc1nn(C)cc1[C@@H]1[C@@H](C(N)=O)C(=O)C[C@@](C)(O)[C@@H]1C(N)=O. The third kappa shape index (κ3) is 2.50. The van der Waals surface area contributed by atoms with Crippen molar-refractivity contribution in [2.75, 3.05) is 0 Å². The van der Waals surface area contributed by atoms with Crippen LogP contribution in [0.3, 0.4) is 0 Å². The summed E-state index contributed by atoms with van der Waals surface area (Å²) >= 11 is 0. The van der Waals surface area contributed by atoms with Crippen LogP contribution >= 0.6 is 0 Å². The molecule has 0 unspecified atom stereocenters. The fourth-order valence-corrected chi connectivity index (χ4v) is 3.48. The second-order valence-electron chi connectivity index (χ2n) is 6.13. The third-order valence-electron chi connectivity index (χ3n) is 4.29. The zero-order valence-electron chi connectivity index (χ0n) is 12.7. The van der Waals surface area contributed by atoms with Crippen molar-refractivity contribution >= 4 is 17.6 Å². The summed E-state index contributed by atoms with van der Waals surface area (Å²) in [7, 11) is 1.68. The molecule has 8 nitrogen and oxygen atoms in total. The molecule has 0 saturated heterocycles. The van der Waals surface area contributed by atoms with Crippen molar-refractivity contribution in [2.24, 2.45) is 30.4 Å². The van der Waals surface area contributed by atoms with Crippen LogP contribution in [0.15, 0.2) is 6.20 Å². The molecule has 2 amide bonds. The van der Waals surface area contributed by atoms with Gasteiger partial charge in [0, 0.05) is 25.6 Å². The van der Waals surface area contributed by atoms with E-state index < -0.39 is 41.0 Å². The van der Waals surface area contributed by atoms with E-state index in [9.17, 15) is 19.5 Å². The number of aromatic nitrogens is 2. The molecule has 1 saturated carbocycles. The topological polar surface area (TPSA) is 141 Å². The first-order valence-electron chi connectivity index (χ1n) is 6.90. The number of nitrogens with two attached hydrogens (primary N) is 2. The molecule has 0 spiro atoms. The summed E-state index contributed by atoms with van der Waals surface area (Å²) in [6.07, 6.45) is 1.27. The van der Waals surface area contributed by atoms with Crippen LogP contribution in [0.1, 0.15) is 30.5 Å². The fraction of sp³-hybridized carbons (Fsp3) is 0.571. The van der Waals surface area contributed by atoms with Crippen molar-refractivity contribution in [3.05, 3.63) is 17.5 Å². The fourth-order valence-electron chi connectivity index (χ4n) is 3.48. The van der Waals surface area contributed by atoms with Crippen LogP contribution < -0.4 is 11.5 Å². The lowest BCUT2D eigenvalue weighted by Crippen LogP contribution is -2.57. The molecule has 120 valence electrons. The zero-order valence-corrected chi connectivity index (χ0v) is 12.7. The average molecular weight is 308 g/mol. The van der Waals surface area contributed by atoms with E-state index in [-0.39, 0.29) is 6.42 Å². The molecule has 1 aromatic heterocycles. The maximum Gasteiger partial charge on any atom is 0.228 e. The van der Waals surface area contributed by atoms with Gasteiger partial charge in [0.1, 0.15) is 11.7 Å². The van der Waals surface area contributed by atoms with Crippen molar-refractivity contribution in [3.8, 4) is 0 Å². The molecule has 8 heteroatoms. The van der Waals surface area contributed by atoms with Crippen molar-refractivity contribution in [2.45, 2.75) is 31.8 Å². The van der Waals surface area contributed by atoms with Gasteiger partial charge in [-0.05, 0) is 19.4 Å². The van der Waals surface area contributed by atoms with Crippen molar-refractivity contribution in [1.29, 1.82) is 0 Å². The first kappa shape index (κ1) is 16.2. The zero-order chi connectivity index (χ0) is 16.8. The molecule has 4 atom stereocenters. The monoisotopic (exact) mass is 308 g/mol. The van der Waals surface area contributed by atoms with Gasteiger partial charge in [-0.25, -0.2) is 0 Å². The molecule has 0 aromatic carbocycles. The number of hydrogen-bond acceptors (Lipinski definition) is 5. The van der Waals surface area contributed by atoms with E-state index >= 15 is 0 Å². The number of carbonyl (C=O) groups excluding carboxylic acids is 3. The minimum absolute atomic E-state index is 0.343. The summed E-state index contributed by atoms with van der Waals surface area (Å²) < 4.78 is 1.51. The highest BCUT2D eigenvalue weighted by molar-refractivity contribution is 6.04. The first-order chi connectivity index (χ1) is 10.1. The number of primary amides is 2. The van der Waals surface area contributed by atoms with E-state index in [2.05, 4.69) is 5.10 Å². The van der Waals surface area contributed by atoms with E-state index in [0.29, 0.717) is 11.3 Å². The van der Waals surface area contributed by atoms with E-state index in [1.54, 1.807) is 20.2 Å². The lowest BCUT2D eigenvalue weighted by molar-refractivity contribution is -0.152. The smallest absolute Gasteiger partial charge is 0.228 e. The molecule has 22 heavy (non-hydrogen) atoms. The van der Waals surface area contributed by atoms with E-state index in [1.807, 2.05) is 0 Å². The van der Waals surface area contributed by atoms with E-state index in [4.69, 9.17) is 11.5 Å². The first-order valence-corrected chi connectivity index (χ1v) is 6.90. The summed E-state index contributed by atoms with van der Waals surface area (Å²) in [5.74, 6) is -5.34. The standard InChI is InChI=1S/C14H20N4O4/c1-6-7(5-18(3)17-6)9-10(12(15)20)8(19)4-14(2,22)11(9)13(16)21/h5,9-11,22H,4H2,1-3H3,(H2,15,20)(H2,16,21)/t9-,10+,11+,14-/m1/s1. The van der Waals surface area contributed by atoms with E-state index in [1.165, 1.54) is 11.6 Å². The number of amides is 2. The minimum atomic E-state index is -1.64. The van der Waals surface area contributed by atoms with Crippen LogP contribution in [0.2, 0.25) is 0 Å². The molecule has 5 N–H and O–H groups in total. The molecule has 0 bridgehead atoms. The van der Waals surface area contributed by atoms with Crippen LogP contribution in [-0.2, 0) is 21.4 Å². The quantitative estimate of drug-likeness (QED) is 0.597. The summed E-state index contributed by atoms with van der Waals surface area (Å²) in [5.41, 5.74) is 10.2. The molecule has 1 aliphatic rings. The van der Waals surface area contributed by atoms with Crippen LogP contribution in [0, 0.1) is 18.8 Å². The highest BCUT2D eigenvalue weighted by Crippen LogP contribution is 2.46. The maximum absolute atomic E-state index is 12.3. The van der Waals surface area contributed by atoms with Gasteiger partial charge in [0.15, 0.2) is 0 Å². The van der Waals surface area contributed by atoms with Crippen molar-refractivity contribution in [3.63, 3.8) is 0 Å². The van der Waals surface area contributed by atoms with Gasteiger partial charge in [-0.3, -0.25) is 19.1 Å². The van der Waals surface area contributed by atoms with Gasteiger partial charge in [-0.1, -0.05) is 0 Å². The Morgan fingerprint density at radius 1 is 1.41 bits per heavy atom. The molecular weight excluding hydrogens is 288 g/mol. The largest absolute Gasteiger partial charge is 0.389 e. The number of Topliss-reactive ketones (excluding diaryl/α,β-unsaturated/α-hetero) is 1. The Kier molecular flexibility index (Phi) is 3.82. The Hall–Kier alpha value is -2.22. The third-order valence-corrected chi connectivity index (χ3v) is 4.29. The predicted molar refractivity (Wildman–Crippen MR) is 76.3 cm³/mol. The number of aliphatic hydroxyl groups is 1. The highest BCUT2D eigenvalue weighted by Gasteiger charge is 2.55. The summed E-state index contributed by atoms with van der Waals surface area (Å²) in [6, 6.07) is 0.